The molecule has 9 heteroatoms. The summed E-state index contributed by atoms with van der Waals surface area (Å²) < 4.78 is 26.2. The van der Waals surface area contributed by atoms with E-state index in [1.54, 1.807) is 24.3 Å². The van der Waals surface area contributed by atoms with Gasteiger partial charge in [-0.25, -0.2) is 12.7 Å². The van der Waals surface area contributed by atoms with E-state index in [-0.39, 0.29) is 29.8 Å². The van der Waals surface area contributed by atoms with Crippen molar-refractivity contribution in [1.82, 2.24) is 19.4 Å². The first-order chi connectivity index (χ1) is 16.3. The van der Waals surface area contributed by atoms with Crippen LogP contribution in [-0.2, 0) is 32.6 Å². The van der Waals surface area contributed by atoms with Crippen LogP contribution in [0.25, 0.3) is 0 Å². The van der Waals surface area contributed by atoms with Crippen LogP contribution in [0.1, 0.15) is 24.0 Å². The van der Waals surface area contributed by atoms with E-state index in [1.165, 1.54) is 19.7 Å². The number of sulfonamides is 1. The Labute approximate surface area is 202 Å². The molecule has 2 aromatic carbocycles. The molecule has 0 aliphatic carbocycles. The number of nitrogens with one attached hydrogen (secondary N) is 1. The Balaban J connectivity index is 1.40. The van der Waals surface area contributed by atoms with Crippen LogP contribution >= 0.6 is 0 Å². The van der Waals surface area contributed by atoms with Crippen molar-refractivity contribution in [2.45, 2.75) is 30.7 Å². The van der Waals surface area contributed by atoms with Crippen LogP contribution in [0.15, 0.2) is 59.5 Å². The van der Waals surface area contributed by atoms with E-state index in [2.05, 4.69) is 17.4 Å². The van der Waals surface area contributed by atoms with Crippen LogP contribution in [-0.4, -0.2) is 81.2 Å². The Morgan fingerprint density at radius 3 is 2.26 bits per heavy atom. The summed E-state index contributed by atoms with van der Waals surface area (Å²) >= 11 is 0. The molecule has 34 heavy (non-hydrogen) atoms. The van der Waals surface area contributed by atoms with Gasteiger partial charge in [0.25, 0.3) is 0 Å². The molecule has 2 aromatic rings. The van der Waals surface area contributed by atoms with Gasteiger partial charge in [0, 0.05) is 53.2 Å². The summed E-state index contributed by atoms with van der Waals surface area (Å²) in [6, 6.07) is 16.8. The molecule has 0 spiro atoms. The third-order valence-electron chi connectivity index (χ3n) is 6.00. The summed E-state index contributed by atoms with van der Waals surface area (Å²) in [4.78, 5) is 29.1. The van der Waals surface area contributed by atoms with Crippen LogP contribution in [0.2, 0.25) is 0 Å². The Bertz CT molecular complexity index is 1070. The molecular formula is C25H34N4O4S. The van der Waals surface area contributed by atoms with E-state index < -0.39 is 10.0 Å². The molecule has 1 fully saturated rings. The van der Waals surface area contributed by atoms with Crippen molar-refractivity contribution in [2.75, 3.05) is 46.8 Å². The fourth-order valence-electron chi connectivity index (χ4n) is 3.95. The number of aryl methyl sites for hydroxylation is 1. The van der Waals surface area contributed by atoms with Gasteiger partial charge in [-0.15, -0.1) is 0 Å². The first-order valence-electron chi connectivity index (χ1n) is 11.6. The van der Waals surface area contributed by atoms with E-state index in [4.69, 9.17) is 0 Å². The smallest absolute Gasteiger partial charge is 0.242 e. The highest BCUT2D eigenvalue weighted by Crippen LogP contribution is 2.18. The van der Waals surface area contributed by atoms with Gasteiger partial charge in [0.2, 0.25) is 21.8 Å². The van der Waals surface area contributed by atoms with Crippen molar-refractivity contribution in [3.8, 4) is 0 Å². The summed E-state index contributed by atoms with van der Waals surface area (Å²) in [5, 5.41) is 2.83. The molecule has 1 saturated heterocycles. The van der Waals surface area contributed by atoms with Crippen molar-refractivity contribution in [2.24, 2.45) is 0 Å². The molecule has 184 valence electrons. The van der Waals surface area contributed by atoms with Gasteiger partial charge >= 0.3 is 0 Å². The molecule has 0 aromatic heterocycles. The van der Waals surface area contributed by atoms with Crippen molar-refractivity contribution in [3.63, 3.8) is 0 Å². The number of hydrogen-bond acceptors (Lipinski definition) is 5. The predicted octanol–water partition coefficient (Wildman–Crippen LogP) is 1.72. The lowest BCUT2D eigenvalue weighted by molar-refractivity contribution is -0.133. The van der Waals surface area contributed by atoms with Gasteiger partial charge in [0.15, 0.2) is 0 Å². The maximum absolute atomic E-state index is 12.5. The zero-order valence-corrected chi connectivity index (χ0v) is 20.8. The third kappa shape index (κ3) is 7.12. The molecule has 0 unspecified atom stereocenters. The molecule has 1 N–H and O–H groups in total. The average Bonchev–Trinajstić information content (AvgIpc) is 2.84. The number of carbonyl (C=O) groups excluding carboxylic acids is 2. The first kappa shape index (κ1) is 25.9. The second-order valence-electron chi connectivity index (χ2n) is 8.67. The topological polar surface area (TPSA) is 90.0 Å². The summed E-state index contributed by atoms with van der Waals surface area (Å²) in [6.45, 7) is 2.87. The molecule has 1 aliphatic heterocycles. The lowest BCUT2D eigenvalue weighted by Crippen LogP contribution is -2.51. The van der Waals surface area contributed by atoms with Gasteiger partial charge in [-0.1, -0.05) is 48.5 Å². The van der Waals surface area contributed by atoms with Crippen molar-refractivity contribution in [3.05, 3.63) is 65.7 Å². The minimum atomic E-state index is -3.59. The van der Waals surface area contributed by atoms with Crippen LogP contribution in [0.4, 0.5) is 0 Å². The van der Waals surface area contributed by atoms with Crippen LogP contribution in [0, 0.1) is 0 Å². The quantitative estimate of drug-likeness (QED) is 0.552. The zero-order valence-electron chi connectivity index (χ0n) is 19.9. The minimum Gasteiger partial charge on any atom is -0.351 e. The van der Waals surface area contributed by atoms with E-state index in [0.29, 0.717) is 38.2 Å². The second-order valence-corrected chi connectivity index (χ2v) is 10.8. The lowest BCUT2D eigenvalue weighted by atomic mass is 10.1. The van der Waals surface area contributed by atoms with E-state index in [9.17, 15) is 18.0 Å². The summed E-state index contributed by atoms with van der Waals surface area (Å²) in [5.41, 5.74) is 1.79. The lowest BCUT2D eigenvalue weighted by Gasteiger charge is -2.34. The van der Waals surface area contributed by atoms with Crippen LogP contribution in [0.3, 0.4) is 0 Å². The number of hydrogen-bond donors (Lipinski definition) is 1. The SMILES string of the molecule is CN(C)S(=O)(=O)c1ccccc1CNC(=O)CN1CCN(C(=O)CCCc2ccccc2)CC1. The van der Waals surface area contributed by atoms with E-state index in [0.717, 1.165) is 17.1 Å². The van der Waals surface area contributed by atoms with Crippen LogP contribution < -0.4 is 5.32 Å². The number of rotatable bonds is 10. The fraction of sp³-hybridized carbons (Fsp3) is 0.440. The van der Waals surface area contributed by atoms with E-state index in [1.807, 2.05) is 28.0 Å². The average molecular weight is 487 g/mol. The van der Waals surface area contributed by atoms with Crippen molar-refractivity contribution in [1.29, 1.82) is 0 Å². The largest absolute Gasteiger partial charge is 0.351 e. The van der Waals surface area contributed by atoms with E-state index >= 15 is 0 Å². The van der Waals surface area contributed by atoms with Gasteiger partial charge in [-0.2, -0.15) is 0 Å². The molecule has 0 atom stereocenters. The highest BCUT2D eigenvalue weighted by atomic mass is 32.2. The molecular weight excluding hydrogens is 452 g/mol. The summed E-state index contributed by atoms with van der Waals surface area (Å²) in [5.74, 6) is -0.00145. The van der Waals surface area contributed by atoms with Crippen molar-refractivity contribution < 1.29 is 18.0 Å². The minimum absolute atomic E-state index is 0.141. The molecule has 1 heterocycles. The standard InChI is InChI=1S/C25H34N4O4S/c1-27(2)34(32,33)23-13-7-6-12-22(23)19-26-24(30)20-28-15-17-29(18-16-28)25(31)14-8-11-21-9-4-3-5-10-21/h3-7,9-10,12-13H,8,11,14-20H2,1-2H3,(H,26,30). The fourth-order valence-corrected chi connectivity index (χ4v) is 5.07. The van der Waals surface area contributed by atoms with Gasteiger partial charge < -0.3 is 10.2 Å². The van der Waals surface area contributed by atoms with Gasteiger partial charge in [-0.05, 0) is 30.0 Å². The Kier molecular flexibility index (Phi) is 9.20. The first-order valence-corrected chi connectivity index (χ1v) is 13.0. The van der Waals surface area contributed by atoms with Gasteiger partial charge in [-0.3, -0.25) is 14.5 Å². The molecule has 8 nitrogen and oxygen atoms in total. The number of amides is 2. The molecule has 0 bridgehead atoms. The molecule has 2 amide bonds. The molecule has 3 rings (SSSR count). The monoisotopic (exact) mass is 486 g/mol. The third-order valence-corrected chi connectivity index (χ3v) is 7.91. The molecule has 0 saturated carbocycles. The zero-order chi connectivity index (χ0) is 24.6. The number of carbonyl (C=O) groups is 2. The van der Waals surface area contributed by atoms with Gasteiger partial charge in [0.05, 0.1) is 11.4 Å². The molecule has 1 aliphatic rings. The maximum Gasteiger partial charge on any atom is 0.242 e. The predicted molar refractivity (Wildman–Crippen MR) is 132 cm³/mol. The van der Waals surface area contributed by atoms with Gasteiger partial charge in [0.1, 0.15) is 0 Å². The number of benzene rings is 2. The normalized spacial score (nSPS) is 14.9. The second kappa shape index (κ2) is 12.1. The van der Waals surface area contributed by atoms with Crippen molar-refractivity contribution >= 4 is 21.8 Å². The summed E-state index contributed by atoms with van der Waals surface area (Å²) in [7, 11) is -0.617. The number of piperazine rings is 1. The summed E-state index contributed by atoms with van der Waals surface area (Å²) in [6.07, 6.45) is 2.26. The Morgan fingerprint density at radius 2 is 1.59 bits per heavy atom. The molecule has 0 radical (unpaired) electrons. The number of nitrogens with zero attached hydrogens (tertiary/aromatic N) is 3. The Morgan fingerprint density at radius 1 is 0.941 bits per heavy atom. The Hall–Kier alpha value is -2.75. The van der Waals surface area contributed by atoms with Crippen LogP contribution in [0.5, 0.6) is 0 Å². The maximum atomic E-state index is 12.5. The highest BCUT2D eigenvalue weighted by molar-refractivity contribution is 7.89. The highest BCUT2D eigenvalue weighted by Gasteiger charge is 2.23.